The second-order valence-electron chi connectivity index (χ2n) is 3.68. The van der Waals surface area contributed by atoms with Crippen molar-refractivity contribution >= 4 is 11.6 Å². The van der Waals surface area contributed by atoms with Gasteiger partial charge in [-0.05, 0) is 24.6 Å². The van der Waals surface area contributed by atoms with Crippen molar-refractivity contribution in [3.8, 4) is 0 Å². The predicted molar refractivity (Wildman–Crippen MR) is 65.6 cm³/mol. The Labute approximate surface area is 95.0 Å². The number of aryl methyl sites for hydroxylation is 1. The van der Waals surface area contributed by atoms with Crippen LogP contribution in [0.1, 0.15) is 11.1 Å². The highest BCUT2D eigenvalue weighted by molar-refractivity contribution is 5.95. The van der Waals surface area contributed by atoms with Crippen LogP contribution in [0.4, 0.5) is 0 Å². The Morgan fingerprint density at radius 1 is 1.12 bits per heavy atom. The van der Waals surface area contributed by atoms with Crippen molar-refractivity contribution in [2.75, 3.05) is 0 Å². The van der Waals surface area contributed by atoms with Gasteiger partial charge in [-0.15, -0.1) is 0 Å². The summed E-state index contributed by atoms with van der Waals surface area (Å²) < 4.78 is 0. The Hall–Kier alpha value is -2.09. The van der Waals surface area contributed by atoms with E-state index >= 15 is 0 Å². The largest absolute Gasteiger partial charge is 0.322 e. The zero-order valence-electron chi connectivity index (χ0n) is 9.10. The molecule has 0 saturated heterocycles. The van der Waals surface area contributed by atoms with E-state index in [-0.39, 0.29) is 5.91 Å². The minimum Gasteiger partial charge on any atom is -0.322 e. The smallest absolute Gasteiger partial charge is 0.248 e. The van der Waals surface area contributed by atoms with Gasteiger partial charge in [-0.2, -0.15) is 0 Å². The summed E-state index contributed by atoms with van der Waals surface area (Å²) in [5.74, 6) is -0.0999. The van der Waals surface area contributed by atoms with E-state index in [0.717, 1.165) is 11.3 Å². The standard InChI is InChI=1S/C14H13NO/c1-11-6-5-7-12(10-11)13-8-3-2-4-9-14(16)15-13/h2-10H,1H3,(H,15,16). The molecular weight excluding hydrogens is 198 g/mol. The van der Waals surface area contributed by atoms with Gasteiger partial charge in [0.05, 0.1) is 0 Å². The number of rotatable bonds is 1. The van der Waals surface area contributed by atoms with Crippen molar-refractivity contribution in [1.29, 1.82) is 0 Å². The third-order valence-electron chi connectivity index (χ3n) is 2.32. The topological polar surface area (TPSA) is 29.1 Å². The first-order chi connectivity index (χ1) is 7.75. The van der Waals surface area contributed by atoms with Crippen molar-refractivity contribution < 1.29 is 4.79 Å². The molecule has 2 heteroatoms. The van der Waals surface area contributed by atoms with E-state index in [4.69, 9.17) is 0 Å². The quantitative estimate of drug-likeness (QED) is 0.760. The van der Waals surface area contributed by atoms with Gasteiger partial charge in [0.1, 0.15) is 0 Å². The van der Waals surface area contributed by atoms with Gasteiger partial charge >= 0.3 is 0 Å². The number of hydrogen-bond donors (Lipinski definition) is 1. The van der Waals surface area contributed by atoms with Gasteiger partial charge in [-0.3, -0.25) is 4.79 Å². The molecule has 0 fully saturated rings. The minimum absolute atomic E-state index is 0.0999. The highest BCUT2D eigenvalue weighted by atomic mass is 16.1. The van der Waals surface area contributed by atoms with E-state index in [1.807, 2.05) is 49.4 Å². The number of benzene rings is 1. The fourth-order valence-electron chi connectivity index (χ4n) is 1.56. The molecule has 2 rings (SSSR count). The molecule has 1 aromatic rings. The molecule has 1 N–H and O–H groups in total. The molecule has 0 unspecified atom stereocenters. The maximum Gasteiger partial charge on any atom is 0.248 e. The van der Waals surface area contributed by atoms with Crippen LogP contribution >= 0.6 is 0 Å². The Morgan fingerprint density at radius 3 is 2.81 bits per heavy atom. The molecule has 0 radical (unpaired) electrons. The van der Waals surface area contributed by atoms with Crippen LogP contribution in [-0.2, 0) is 4.79 Å². The van der Waals surface area contributed by atoms with Crippen LogP contribution in [0.3, 0.4) is 0 Å². The Morgan fingerprint density at radius 2 is 2.00 bits per heavy atom. The molecule has 0 spiro atoms. The molecular formula is C14H13NO. The van der Waals surface area contributed by atoms with E-state index in [9.17, 15) is 4.79 Å². The van der Waals surface area contributed by atoms with Gasteiger partial charge < -0.3 is 5.32 Å². The van der Waals surface area contributed by atoms with Crippen molar-refractivity contribution in [2.24, 2.45) is 0 Å². The van der Waals surface area contributed by atoms with E-state index in [0.29, 0.717) is 0 Å². The average molecular weight is 211 g/mol. The third kappa shape index (κ3) is 2.48. The van der Waals surface area contributed by atoms with Crippen molar-refractivity contribution in [3.05, 3.63) is 65.8 Å². The van der Waals surface area contributed by atoms with Crippen LogP contribution in [0.5, 0.6) is 0 Å². The number of hydrogen-bond acceptors (Lipinski definition) is 1. The zero-order chi connectivity index (χ0) is 11.4. The Balaban J connectivity index is 2.36. The van der Waals surface area contributed by atoms with E-state index in [2.05, 4.69) is 5.32 Å². The third-order valence-corrected chi connectivity index (χ3v) is 2.32. The molecule has 1 aliphatic heterocycles. The molecule has 0 bridgehead atoms. The van der Waals surface area contributed by atoms with Gasteiger partial charge in [0.15, 0.2) is 0 Å². The molecule has 1 heterocycles. The van der Waals surface area contributed by atoms with E-state index < -0.39 is 0 Å². The maximum atomic E-state index is 11.4. The van der Waals surface area contributed by atoms with E-state index in [1.165, 1.54) is 11.6 Å². The summed E-state index contributed by atoms with van der Waals surface area (Å²) in [7, 11) is 0. The first-order valence-electron chi connectivity index (χ1n) is 5.19. The fraction of sp³-hybridized carbons (Fsp3) is 0.0714. The molecule has 80 valence electrons. The zero-order valence-corrected chi connectivity index (χ0v) is 9.10. The molecule has 2 nitrogen and oxygen atoms in total. The summed E-state index contributed by atoms with van der Waals surface area (Å²) in [5, 5.41) is 2.85. The number of carbonyl (C=O) groups excluding carboxylic acids is 1. The normalized spacial score (nSPS) is 22.3. The van der Waals surface area contributed by atoms with Gasteiger partial charge in [-0.1, -0.05) is 42.0 Å². The predicted octanol–water partition coefficient (Wildman–Crippen LogP) is 2.58. The molecule has 0 aliphatic carbocycles. The number of allylic oxidation sites excluding steroid dienone is 4. The molecule has 0 atom stereocenters. The van der Waals surface area contributed by atoms with E-state index in [1.54, 1.807) is 6.08 Å². The van der Waals surface area contributed by atoms with Gasteiger partial charge in [0.2, 0.25) is 5.91 Å². The molecule has 1 amide bonds. The summed E-state index contributed by atoms with van der Waals surface area (Å²) in [6.07, 6.45) is 8.89. The summed E-state index contributed by atoms with van der Waals surface area (Å²) in [6, 6.07) is 8.05. The summed E-state index contributed by atoms with van der Waals surface area (Å²) >= 11 is 0. The van der Waals surface area contributed by atoms with Crippen molar-refractivity contribution in [2.45, 2.75) is 6.92 Å². The lowest BCUT2D eigenvalue weighted by atomic mass is 10.1. The second kappa shape index (κ2) is 4.62. The van der Waals surface area contributed by atoms with Crippen LogP contribution in [0, 0.1) is 6.92 Å². The molecule has 1 aromatic carbocycles. The van der Waals surface area contributed by atoms with Crippen LogP contribution in [0.25, 0.3) is 5.70 Å². The Kier molecular flexibility index (Phi) is 3.01. The molecule has 1 aliphatic rings. The van der Waals surface area contributed by atoms with Crippen LogP contribution in [-0.4, -0.2) is 5.91 Å². The summed E-state index contributed by atoms with van der Waals surface area (Å²) in [4.78, 5) is 11.4. The van der Waals surface area contributed by atoms with Gasteiger partial charge in [-0.25, -0.2) is 0 Å². The summed E-state index contributed by atoms with van der Waals surface area (Å²) in [5.41, 5.74) is 3.02. The second-order valence-corrected chi connectivity index (χ2v) is 3.68. The first-order valence-corrected chi connectivity index (χ1v) is 5.19. The van der Waals surface area contributed by atoms with Gasteiger partial charge in [0, 0.05) is 11.8 Å². The monoisotopic (exact) mass is 211 g/mol. The van der Waals surface area contributed by atoms with Gasteiger partial charge in [0.25, 0.3) is 0 Å². The number of carbonyl (C=O) groups is 1. The highest BCUT2D eigenvalue weighted by Crippen LogP contribution is 2.14. The van der Waals surface area contributed by atoms with Crippen LogP contribution in [0.15, 0.2) is 54.6 Å². The minimum atomic E-state index is -0.0999. The molecule has 0 saturated carbocycles. The van der Waals surface area contributed by atoms with Crippen LogP contribution < -0.4 is 5.32 Å². The highest BCUT2D eigenvalue weighted by Gasteiger charge is 2.04. The molecule has 16 heavy (non-hydrogen) atoms. The first kappa shape index (κ1) is 10.4. The number of nitrogens with one attached hydrogen (secondary N) is 1. The summed E-state index contributed by atoms with van der Waals surface area (Å²) in [6.45, 7) is 2.03. The van der Waals surface area contributed by atoms with Crippen LogP contribution in [0.2, 0.25) is 0 Å². The average Bonchev–Trinajstić information content (AvgIpc) is 2.23. The lowest BCUT2D eigenvalue weighted by Gasteiger charge is -2.09. The van der Waals surface area contributed by atoms with Crippen molar-refractivity contribution in [3.63, 3.8) is 0 Å². The Bertz CT molecular complexity index is 495. The lowest BCUT2D eigenvalue weighted by Crippen LogP contribution is -2.19. The fourth-order valence-corrected chi connectivity index (χ4v) is 1.56. The number of amides is 1. The molecule has 0 aromatic heterocycles. The SMILES string of the molecule is Cc1cccc(/C2=C/C=C\C=C/C(=O)N2)c1. The lowest BCUT2D eigenvalue weighted by molar-refractivity contribution is -0.115. The van der Waals surface area contributed by atoms with Crippen molar-refractivity contribution in [1.82, 2.24) is 5.32 Å². The maximum absolute atomic E-state index is 11.4.